The number of aryl methyl sites for hydroxylation is 1. The summed E-state index contributed by atoms with van der Waals surface area (Å²) in [5.74, 6) is -0.175. The summed E-state index contributed by atoms with van der Waals surface area (Å²) in [6.45, 7) is 2.18. The summed E-state index contributed by atoms with van der Waals surface area (Å²) in [6, 6.07) is 0. The zero-order valence-corrected chi connectivity index (χ0v) is 11.8. The molecule has 0 radical (unpaired) electrons. The van der Waals surface area contributed by atoms with Crippen molar-refractivity contribution >= 4 is 11.6 Å². The lowest BCUT2D eigenvalue weighted by Gasteiger charge is -2.21. The van der Waals surface area contributed by atoms with Gasteiger partial charge in [0.05, 0.1) is 12.3 Å². The lowest BCUT2D eigenvalue weighted by molar-refractivity contribution is 0.0668. The van der Waals surface area contributed by atoms with Crippen LogP contribution in [0.15, 0.2) is 6.20 Å². The van der Waals surface area contributed by atoms with Gasteiger partial charge in [0.25, 0.3) is 5.91 Å². The highest BCUT2D eigenvalue weighted by molar-refractivity contribution is 5.97. The van der Waals surface area contributed by atoms with E-state index in [-0.39, 0.29) is 11.6 Å². The Morgan fingerprint density at radius 2 is 2.05 bits per heavy atom. The molecule has 1 rings (SSSR count). The van der Waals surface area contributed by atoms with E-state index in [9.17, 15) is 4.79 Å². The Bertz CT molecular complexity index is 406. The molecule has 0 fully saturated rings. The number of amides is 1. The topological polar surface area (TPSA) is 82.6 Å². The Morgan fingerprint density at radius 1 is 1.37 bits per heavy atom. The molecule has 7 nitrogen and oxygen atoms in total. The molecule has 1 aromatic heterocycles. The molecule has 2 N–H and O–H groups in total. The van der Waals surface area contributed by atoms with Gasteiger partial charge in [-0.1, -0.05) is 0 Å². The number of anilines is 1. The molecule has 0 aliphatic carbocycles. The summed E-state index contributed by atoms with van der Waals surface area (Å²) in [7, 11) is 4.97. The Labute approximate surface area is 113 Å². The number of hydrogen-bond acceptors (Lipinski definition) is 5. The van der Waals surface area contributed by atoms with Crippen molar-refractivity contribution in [3.63, 3.8) is 0 Å². The number of carbonyl (C=O) groups is 1. The summed E-state index contributed by atoms with van der Waals surface area (Å²) in [5.41, 5.74) is 6.46. The number of ether oxygens (including phenoxy) is 2. The van der Waals surface area contributed by atoms with Crippen LogP contribution in [0.5, 0.6) is 0 Å². The first kappa shape index (κ1) is 15.5. The number of carbonyl (C=O) groups excluding carboxylic acids is 1. The quantitative estimate of drug-likeness (QED) is 0.679. The monoisotopic (exact) mass is 270 g/mol. The smallest absolute Gasteiger partial charge is 0.276 e. The molecular formula is C12H22N4O3. The first-order chi connectivity index (χ1) is 9.10. The first-order valence-corrected chi connectivity index (χ1v) is 6.16. The maximum Gasteiger partial charge on any atom is 0.276 e. The molecule has 0 aromatic carbocycles. The van der Waals surface area contributed by atoms with E-state index in [4.69, 9.17) is 15.2 Å². The van der Waals surface area contributed by atoms with E-state index in [0.717, 1.165) is 6.42 Å². The van der Waals surface area contributed by atoms with Crippen LogP contribution in [0.4, 0.5) is 5.69 Å². The minimum absolute atomic E-state index is 0.175. The van der Waals surface area contributed by atoms with E-state index in [1.807, 2.05) is 0 Å². The Kier molecular flexibility index (Phi) is 6.31. The van der Waals surface area contributed by atoms with E-state index < -0.39 is 0 Å². The summed E-state index contributed by atoms with van der Waals surface area (Å²) in [6.07, 6.45) is 2.38. The van der Waals surface area contributed by atoms with E-state index in [1.54, 1.807) is 32.4 Å². The highest BCUT2D eigenvalue weighted by Crippen LogP contribution is 2.11. The van der Waals surface area contributed by atoms with Crippen LogP contribution in [0.25, 0.3) is 0 Å². The van der Waals surface area contributed by atoms with Crippen molar-refractivity contribution in [2.24, 2.45) is 7.05 Å². The van der Waals surface area contributed by atoms with E-state index in [1.165, 1.54) is 4.68 Å². The van der Waals surface area contributed by atoms with Crippen LogP contribution in [0.3, 0.4) is 0 Å². The number of aromatic nitrogens is 2. The average molecular weight is 270 g/mol. The second kappa shape index (κ2) is 7.75. The zero-order chi connectivity index (χ0) is 14.3. The minimum Gasteiger partial charge on any atom is -0.396 e. The molecule has 108 valence electrons. The van der Waals surface area contributed by atoms with Crippen LogP contribution in [-0.4, -0.2) is 61.1 Å². The third-order valence-corrected chi connectivity index (χ3v) is 2.69. The first-order valence-electron chi connectivity index (χ1n) is 6.16. The van der Waals surface area contributed by atoms with Crippen LogP contribution in [0.2, 0.25) is 0 Å². The molecule has 19 heavy (non-hydrogen) atoms. The fourth-order valence-electron chi connectivity index (χ4n) is 1.74. The highest BCUT2D eigenvalue weighted by Gasteiger charge is 2.20. The van der Waals surface area contributed by atoms with Crippen LogP contribution >= 0.6 is 0 Å². The van der Waals surface area contributed by atoms with Gasteiger partial charge in [-0.15, -0.1) is 0 Å². The van der Waals surface area contributed by atoms with Gasteiger partial charge in [-0.3, -0.25) is 9.48 Å². The number of hydrogen-bond donors (Lipinski definition) is 1. The van der Waals surface area contributed by atoms with Gasteiger partial charge in [-0.05, 0) is 6.42 Å². The fourth-order valence-corrected chi connectivity index (χ4v) is 1.74. The van der Waals surface area contributed by atoms with Crippen molar-refractivity contribution in [3.8, 4) is 0 Å². The molecule has 0 spiro atoms. The predicted octanol–water partition coefficient (Wildman–Crippen LogP) is 0.127. The molecule has 0 atom stereocenters. The Hall–Kier alpha value is -1.60. The van der Waals surface area contributed by atoms with Crippen LogP contribution in [0, 0.1) is 0 Å². The molecule has 7 heteroatoms. The number of methoxy groups -OCH3 is 2. The maximum absolute atomic E-state index is 12.4. The Balaban J connectivity index is 2.72. The molecular weight excluding hydrogens is 248 g/mol. The lowest BCUT2D eigenvalue weighted by Crippen LogP contribution is -2.36. The van der Waals surface area contributed by atoms with Gasteiger partial charge < -0.3 is 20.1 Å². The molecule has 0 aliphatic rings. The lowest BCUT2D eigenvalue weighted by atomic mass is 10.3. The van der Waals surface area contributed by atoms with E-state index in [0.29, 0.717) is 32.0 Å². The number of nitrogen functional groups attached to an aromatic ring is 1. The third-order valence-electron chi connectivity index (χ3n) is 2.69. The molecule has 0 aliphatic heterocycles. The van der Waals surface area contributed by atoms with E-state index in [2.05, 4.69) is 5.10 Å². The third kappa shape index (κ3) is 4.53. The SMILES string of the molecule is COCCCN(CCOC)C(=O)c1nn(C)cc1N. The van der Waals surface area contributed by atoms with Gasteiger partial charge in [0.1, 0.15) is 0 Å². The standard InChI is InChI=1S/C12H22N4O3/c1-15-9-10(13)11(14-15)12(17)16(6-8-19-3)5-4-7-18-2/h9H,4-8,13H2,1-3H3. The number of nitrogens with zero attached hydrogens (tertiary/aromatic N) is 3. The molecule has 0 unspecified atom stereocenters. The van der Waals surface area contributed by atoms with Crippen molar-refractivity contribution in [1.82, 2.24) is 14.7 Å². The van der Waals surface area contributed by atoms with E-state index >= 15 is 0 Å². The van der Waals surface area contributed by atoms with Gasteiger partial charge in [0.15, 0.2) is 5.69 Å². The molecule has 0 saturated heterocycles. The fraction of sp³-hybridized carbons (Fsp3) is 0.667. The van der Waals surface area contributed by atoms with Crippen molar-refractivity contribution < 1.29 is 14.3 Å². The highest BCUT2D eigenvalue weighted by atomic mass is 16.5. The maximum atomic E-state index is 12.4. The molecule has 1 amide bonds. The van der Waals surface area contributed by atoms with Gasteiger partial charge >= 0.3 is 0 Å². The number of rotatable bonds is 8. The van der Waals surface area contributed by atoms with Gasteiger partial charge in [0, 0.05) is 47.2 Å². The summed E-state index contributed by atoms with van der Waals surface area (Å²) in [5, 5.41) is 4.10. The molecule has 0 bridgehead atoms. The summed E-state index contributed by atoms with van der Waals surface area (Å²) in [4.78, 5) is 14.0. The summed E-state index contributed by atoms with van der Waals surface area (Å²) < 4.78 is 11.5. The largest absolute Gasteiger partial charge is 0.396 e. The predicted molar refractivity (Wildman–Crippen MR) is 71.9 cm³/mol. The van der Waals surface area contributed by atoms with Crippen LogP contribution in [0.1, 0.15) is 16.9 Å². The number of nitrogens with two attached hydrogens (primary N) is 1. The zero-order valence-electron chi connectivity index (χ0n) is 11.8. The van der Waals surface area contributed by atoms with Gasteiger partial charge in [-0.25, -0.2) is 0 Å². The van der Waals surface area contributed by atoms with Crippen LogP contribution in [-0.2, 0) is 16.5 Å². The second-order valence-electron chi connectivity index (χ2n) is 4.24. The van der Waals surface area contributed by atoms with Gasteiger partial charge in [0.2, 0.25) is 0 Å². The van der Waals surface area contributed by atoms with Crippen molar-refractivity contribution in [2.45, 2.75) is 6.42 Å². The Morgan fingerprint density at radius 3 is 2.58 bits per heavy atom. The van der Waals surface area contributed by atoms with Crippen LogP contribution < -0.4 is 5.73 Å². The van der Waals surface area contributed by atoms with Crippen molar-refractivity contribution in [1.29, 1.82) is 0 Å². The van der Waals surface area contributed by atoms with Gasteiger partial charge in [-0.2, -0.15) is 5.10 Å². The molecule has 1 heterocycles. The normalized spacial score (nSPS) is 10.7. The average Bonchev–Trinajstić information content (AvgIpc) is 2.72. The second-order valence-corrected chi connectivity index (χ2v) is 4.24. The summed E-state index contributed by atoms with van der Waals surface area (Å²) >= 11 is 0. The van der Waals surface area contributed by atoms with Crippen molar-refractivity contribution in [3.05, 3.63) is 11.9 Å². The van der Waals surface area contributed by atoms with Crippen molar-refractivity contribution in [2.75, 3.05) is 46.3 Å². The minimum atomic E-state index is -0.175. The molecule has 0 saturated carbocycles. The molecule has 1 aromatic rings.